The molecule has 1 aromatic carbocycles. The quantitative estimate of drug-likeness (QED) is 0.733. The predicted molar refractivity (Wildman–Crippen MR) is 64.2 cm³/mol. The smallest absolute Gasteiger partial charge is 0.234 e. The molecule has 2 aliphatic rings. The highest BCUT2D eigenvalue weighted by Crippen LogP contribution is 2.35. The Labute approximate surface area is 110 Å². The Bertz CT molecular complexity index is 424. The lowest BCUT2D eigenvalue weighted by Gasteiger charge is -2.32. The van der Waals surface area contributed by atoms with Crippen molar-refractivity contribution in [2.24, 2.45) is 0 Å². The maximum Gasteiger partial charge on any atom is 0.234 e. The number of benzene rings is 1. The SMILES string of the molecule is Fc1cccc(N2COOC3(CCCC3)OOC2)c1. The minimum Gasteiger partial charge on any atom is -0.320 e. The normalized spacial score (nSPS) is 23.3. The Hall–Kier alpha value is -1.21. The number of nitrogens with zero attached hydrogens (tertiary/aromatic N) is 1. The third-order valence-corrected chi connectivity index (χ3v) is 3.38. The first-order valence-electron chi connectivity index (χ1n) is 6.39. The van der Waals surface area contributed by atoms with Gasteiger partial charge >= 0.3 is 0 Å². The van der Waals surface area contributed by atoms with Crippen LogP contribution in [0.3, 0.4) is 0 Å². The molecule has 1 saturated heterocycles. The van der Waals surface area contributed by atoms with Crippen molar-refractivity contribution in [3.63, 3.8) is 0 Å². The molecule has 0 radical (unpaired) electrons. The van der Waals surface area contributed by atoms with Crippen molar-refractivity contribution in [1.82, 2.24) is 0 Å². The van der Waals surface area contributed by atoms with E-state index in [9.17, 15) is 4.39 Å². The second-order valence-corrected chi connectivity index (χ2v) is 4.80. The highest BCUT2D eigenvalue weighted by atomic mass is 19.1. The minimum absolute atomic E-state index is 0.161. The summed E-state index contributed by atoms with van der Waals surface area (Å²) in [4.78, 5) is 22.8. The maximum atomic E-state index is 13.2. The van der Waals surface area contributed by atoms with Gasteiger partial charge in [0.25, 0.3) is 0 Å². The lowest BCUT2D eigenvalue weighted by atomic mass is 10.2. The van der Waals surface area contributed by atoms with Gasteiger partial charge in [-0.25, -0.2) is 14.2 Å². The van der Waals surface area contributed by atoms with E-state index in [4.69, 9.17) is 19.6 Å². The summed E-state index contributed by atoms with van der Waals surface area (Å²) in [5.41, 5.74) is 0.648. The zero-order chi connectivity index (χ0) is 13.1. The van der Waals surface area contributed by atoms with Crippen LogP contribution >= 0.6 is 0 Å². The summed E-state index contributed by atoms with van der Waals surface area (Å²) >= 11 is 0. The fourth-order valence-corrected chi connectivity index (χ4v) is 2.35. The van der Waals surface area contributed by atoms with E-state index < -0.39 is 5.79 Å². The molecule has 3 rings (SSSR count). The highest BCUT2D eigenvalue weighted by molar-refractivity contribution is 5.45. The summed E-state index contributed by atoms with van der Waals surface area (Å²) < 4.78 is 13.2. The van der Waals surface area contributed by atoms with E-state index in [1.165, 1.54) is 12.1 Å². The monoisotopic (exact) mass is 269 g/mol. The molecule has 1 aromatic rings. The van der Waals surface area contributed by atoms with Gasteiger partial charge in [-0.05, 0) is 31.0 Å². The fourth-order valence-electron chi connectivity index (χ4n) is 2.35. The molecule has 1 saturated carbocycles. The van der Waals surface area contributed by atoms with E-state index in [0.717, 1.165) is 25.7 Å². The first-order valence-corrected chi connectivity index (χ1v) is 6.39. The van der Waals surface area contributed by atoms with Gasteiger partial charge in [-0.2, -0.15) is 9.78 Å². The van der Waals surface area contributed by atoms with Crippen molar-refractivity contribution in [2.75, 3.05) is 18.4 Å². The van der Waals surface area contributed by atoms with Crippen molar-refractivity contribution in [1.29, 1.82) is 0 Å². The molecule has 1 aliphatic heterocycles. The summed E-state index contributed by atoms with van der Waals surface area (Å²) in [6.07, 6.45) is 3.57. The second kappa shape index (κ2) is 5.42. The van der Waals surface area contributed by atoms with Crippen LogP contribution in [0.1, 0.15) is 25.7 Å². The van der Waals surface area contributed by atoms with E-state index in [0.29, 0.717) is 5.69 Å². The zero-order valence-electron chi connectivity index (χ0n) is 10.5. The lowest BCUT2D eigenvalue weighted by Crippen LogP contribution is -2.41. The van der Waals surface area contributed by atoms with Crippen LogP contribution in [0.15, 0.2) is 24.3 Å². The van der Waals surface area contributed by atoms with Crippen molar-refractivity contribution in [3.05, 3.63) is 30.1 Å². The molecule has 104 valence electrons. The second-order valence-electron chi connectivity index (χ2n) is 4.80. The average molecular weight is 269 g/mol. The van der Waals surface area contributed by atoms with Crippen molar-refractivity contribution < 1.29 is 23.9 Å². The van der Waals surface area contributed by atoms with Gasteiger partial charge in [0, 0.05) is 18.5 Å². The number of halogens is 1. The number of hydrogen-bond acceptors (Lipinski definition) is 5. The molecule has 0 amide bonds. The molecule has 0 bridgehead atoms. The van der Waals surface area contributed by atoms with Crippen LogP contribution in [-0.2, 0) is 19.6 Å². The van der Waals surface area contributed by atoms with Crippen LogP contribution in [-0.4, -0.2) is 19.2 Å². The molecule has 0 unspecified atom stereocenters. The molecule has 6 heteroatoms. The molecule has 5 nitrogen and oxygen atoms in total. The first-order chi connectivity index (χ1) is 9.27. The predicted octanol–water partition coefficient (Wildman–Crippen LogP) is 2.73. The van der Waals surface area contributed by atoms with Crippen molar-refractivity contribution in [3.8, 4) is 0 Å². The van der Waals surface area contributed by atoms with E-state index >= 15 is 0 Å². The van der Waals surface area contributed by atoms with Gasteiger partial charge in [-0.15, -0.1) is 0 Å². The van der Waals surface area contributed by atoms with E-state index in [1.807, 2.05) is 0 Å². The first kappa shape index (κ1) is 12.8. The van der Waals surface area contributed by atoms with Gasteiger partial charge in [0.2, 0.25) is 5.79 Å². The molecular weight excluding hydrogens is 253 g/mol. The van der Waals surface area contributed by atoms with Crippen LogP contribution < -0.4 is 4.90 Å². The van der Waals surface area contributed by atoms with E-state index in [2.05, 4.69) is 0 Å². The molecule has 1 heterocycles. The molecule has 1 aliphatic carbocycles. The van der Waals surface area contributed by atoms with Crippen LogP contribution in [0.25, 0.3) is 0 Å². The Morgan fingerprint density at radius 2 is 1.74 bits per heavy atom. The topological polar surface area (TPSA) is 40.2 Å². The molecule has 0 N–H and O–H groups in total. The van der Waals surface area contributed by atoms with Crippen molar-refractivity contribution in [2.45, 2.75) is 31.5 Å². The summed E-state index contributed by atoms with van der Waals surface area (Å²) in [5, 5.41) is 0. The van der Waals surface area contributed by atoms with Gasteiger partial charge in [0.1, 0.15) is 5.82 Å². The molecular formula is C13H16FNO4. The Morgan fingerprint density at radius 1 is 1.05 bits per heavy atom. The number of anilines is 1. The van der Waals surface area contributed by atoms with Crippen LogP contribution in [0.5, 0.6) is 0 Å². The molecule has 1 spiro atoms. The van der Waals surface area contributed by atoms with Gasteiger partial charge in [0.05, 0.1) is 0 Å². The Kier molecular flexibility index (Phi) is 3.65. The van der Waals surface area contributed by atoms with Gasteiger partial charge in [-0.3, -0.25) is 0 Å². The Balaban J connectivity index is 1.65. The van der Waals surface area contributed by atoms with Gasteiger partial charge in [0.15, 0.2) is 13.5 Å². The standard InChI is InChI=1S/C13H16FNO4/c14-11-4-3-5-12(8-11)15-9-16-18-13(19-17-10-15)6-1-2-7-13/h3-5,8H,1-2,6-7,9-10H2. The number of hydrogen-bond donors (Lipinski definition) is 0. The molecule has 19 heavy (non-hydrogen) atoms. The average Bonchev–Trinajstić information content (AvgIpc) is 2.83. The van der Waals surface area contributed by atoms with Crippen LogP contribution in [0, 0.1) is 5.82 Å². The maximum absolute atomic E-state index is 13.2. The minimum atomic E-state index is -0.770. The van der Waals surface area contributed by atoms with Gasteiger partial charge in [-0.1, -0.05) is 6.07 Å². The van der Waals surface area contributed by atoms with E-state index in [-0.39, 0.29) is 19.3 Å². The third kappa shape index (κ3) is 2.87. The summed E-state index contributed by atoms with van der Waals surface area (Å²) in [6, 6.07) is 6.18. The zero-order valence-corrected chi connectivity index (χ0v) is 10.5. The lowest BCUT2D eigenvalue weighted by molar-refractivity contribution is -0.520. The van der Waals surface area contributed by atoms with Crippen LogP contribution in [0.4, 0.5) is 10.1 Å². The fraction of sp³-hybridized carbons (Fsp3) is 0.538. The van der Waals surface area contributed by atoms with Crippen molar-refractivity contribution >= 4 is 5.69 Å². The molecule has 0 aromatic heterocycles. The summed E-state index contributed by atoms with van der Waals surface area (Å²) in [7, 11) is 0. The summed E-state index contributed by atoms with van der Waals surface area (Å²) in [5.74, 6) is -1.08. The largest absolute Gasteiger partial charge is 0.320 e. The Morgan fingerprint density at radius 3 is 2.37 bits per heavy atom. The molecule has 2 fully saturated rings. The van der Waals surface area contributed by atoms with Gasteiger partial charge < -0.3 is 4.90 Å². The summed E-state index contributed by atoms with van der Waals surface area (Å²) in [6.45, 7) is 0.323. The molecule has 0 atom stereocenters. The van der Waals surface area contributed by atoms with E-state index in [1.54, 1.807) is 17.0 Å². The van der Waals surface area contributed by atoms with Crippen LogP contribution in [0.2, 0.25) is 0 Å². The number of rotatable bonds is 1. The highest BCUT2D eigenvalue weighted by Gasteiger charge is 2.40. The third-order valence-electron chi connectivity index (χ3n) is 3.38.